The Morgan fingerprint density at radius 1 is 1.00 bits per heavy atom. The van der Waals surface area contributed by atoms with Gasteiger partial charge in [-0.05, 0) is 56.9 Å². The Morgan fingerprint density at radius 3 is 2.10 bits per heavy atom. The maximum atomic E-state index is 12.9. The number of piperazine rings is 1. The van der Waals surface area contributed by atoms with Crippen LogP contribution >= 0.6 is 15.9 Å². The molecule has 0 spiro atoms. The monoisotopic (exact) mass is 486 g/mol. The summed E-state index contributed by atoms with van der Waals surface area (Å²) in [6.07, 6.45) is 1.82. The van der Waals surface area contributed by atoms with Gasteiger partial charge < -0.3 is 14.5 Å². The van der Waals surface area contributed by atoms with E-state index in [1.165, 1.54) is 0 Å². The SMILES string of the molecule is CCOC(=O)N1CCN(C(=O)C2CCC(S(=O)(=O)c3ccc(Br)cc3)CC2)CC1. The molecule has 1 saturated carbocycles. The van der Waals surface area contributed by atoms with Crippen molar-refractivity contribution < 1.29 is 22.7 Å². The van der Waals surface area contributed by atoms with Crippen LogP contribution in [0.15, 0.2) is 33.6 Å². The van der Waals surface area contributed by atoms with Crippen LogP contribution in [0.1, 0.15) is 32.6 Å². The van der Waals surface area contributed by atoms with Crippen molar-refractivity contribution in [1.82, 2.24) is 9.80 Å². The third-order valence-electron chi connectivity index (χ3n) is 5.72. The molecule has 2 fully saturated rings. The zero-order valence-electron chi connectivity index (χ0n) is 16.5. The standard InChI is InChI=1S/C20H27BrN2O5S/c1-2-28-20(25)23-13-11-22(12-14-23)19(24)15-3-7-17(8-4-15)29(26,27)18-9-5-16(21)6-10-18/h5-6,9-10,15,17H,2-4,7-8,11-14H2,1H3. The zero-order valence-corrected chi connectivity index (χ0v) is 19.0. The molecule has 1 aliphatic heterocycles. The summed E-state index contributed by atoms with van der Waals surface area (Å²) in [5.74, 6) is -0.0616. The number of carbonyl (C=O) groups is 2. The molecule has 1 heterocycles. The Labute approximate surface area is 180 Å². The number of rotatable bonds is 4. The number of ether oxygens (including phenoxy) is 1. The van der Waals surface area contributed by atoms with Crippen LogP contribution in [0.5, 0.6) is 0 Å². The topological polar surface area (TPSA) is 84.0 Å². The molecule has 2 amide bonds. The first-order valence-corrected chi connectivity index (χ1v) is 12.4. The molecular weight excluding hydrogens is 460 g/mol. The summed E-state index contributed by atoms with van der Waals surface area (Å²) in [5, 5.41) is -0.437. The normalized spacial score (nSPS) is 23.0. The molecule has 0 radical (unpaired) electrons. The maximum Gasteiger partial charge on any atom is 0.409 e. The van der Waals surface area contributed by atoms with Crippen LogP contribution < -0.4 is 0 Å². The van der Waals surface area contributed by atoms with E-state index in [-0.39, 0.29) is 17.9 Å². The highest BCUT2D eigenvalue weighted by molar-refractivity contribution is 9.10. The summed E-state index contributed by atoms with van der Waals surface area (Å²) >= 11 is 3.32. The Kier molecular flexibility index (Phi) is 7.21. The number of amides is 2. The van der Waals surface area contributed by atoms with Crippen LogP contribution in [0.2, 0.25) is 0 Å². The minimum atomic E-state index is -3.38. The van der Waals surface area contributed by atoms with Crippen LogP contribution in [-0.4, -0.2) is 68.3 Å². The molecule has 2 aliphatic rings. The van der Waals surface area contributed by atoms with Crippen LogP contribution in [0.25, 0.3) is 0 Å². The number of hydrogen-bond donors (Lipinski definition) is 0. The van der Waals surface area contributed by atoms with Gasteiger partial charge >= 0.3 is 6.09 Å². The summed E-state index contributed by atoms with van der Waals surface area (Å²) in [4.78, 5) is 28.4. The summed E-state index contributed by atoms with van der Waals surface area (Å²) in [6.45, 7) is 4.04. The van der Waals surface area contributed by atoms with E-state index < -0.39 is 15.1 Å². The van der Waals surface area contributed by atoms with E-state index in [1.807, 2.05) is 0 Å². The molecule has 0 bridgehead atoms. The van der Waals surface area contributed by atoms with E-state index in [2.05, 4.69) is 15.9 Å². The van der Waals surface area contributed by atoms with Crippen molar-refractivity contribution in [2.75, 3.05) is 32.8 Å². The highest BCUT2D eigenvalue weighted by Crippen LogP contribution is 2.33. The summed E-state index contributed by atoms with van der Waals surface area (Å²) < 4.78 is 31.6. The second kappa shape index (κ2) is 9.47. The molecule has 1 aromatic carbocycles. The first-order valence-electron chi connectivity index (χ1n) is 10.0. The highest BCUT2D eigenvalue weighted by Gasteiger charge is 2.36. The van der Waals surface area contributed by atoms with E-state index in [1.54, 1.807) is 41.0 Å². The summed E-state index contributed by atoms with van der Waals surface area (Å²) in [5.41, 5.74) is 0. The average molecular weight is 487 g/mol. The van der Waals surface area contributed by atoms with E-state index in [0.29, 0.717) is 63.4 Å². The number of sulfone groups is 1. The fourth-order valence-corrected chi connectivity index (χ4v) is 6.08. The van der Waals surface area contributed by atoms with E-state index >= 15 is 0 Å². The fraction of sp³-hybridized carbons (Fsp3) is 0.600. The molecule has 3 rings (SSSR count). The van der Waals surface area contributed by atoms with Crippen LogP contribution in [0.4, 0.5) is 4.79 Å². The van der Waals surface area contributed by atoms with Crippen molar-refractivity contribution in [1.29, 1.82) is 0 Å². The van der Waals surface area contributed by atoms with Crippen molar-refractivity contribution in [3.63, 3.8) is 0 Å². The molecule has 0 aromatic heterocycles. The smallest absolute Gasteiger partial charge is 0.409 e. The molecule has 0 atom stereocenters. The van der Waals surface area contributed by atoms with Gasteiger partial charge in [0.2, 0.25) is 5.91 Å². The fourth-order valence-electron chi connectivity index (χ4n) is 4.02. The third kappa shape index (κ3) is 5.12. The molecule has 1 saturated heterocycles. The van der Waals surface area contributed by atoms with E-state index in [9.17, 15) is 18.0 Å². The van der Waals surface area contributed by atoms with Crippen molar-refractivity contribution in [3.8, 4) is 0 Å². The molecule has 1 aliphatic carbocycles. The van der Waals surface area contributed by atoms with Gasteiger partial charge in [-0.3, -0.25) is 4.79 Å². The second-order valence-electron chi connectivity index (χ2n) is 7.48. The molecule has 0 N–H and O–H groups in total. The third-order valence-corrected chi connectivity index (χ3v) is 8.53. The van der Waals surface area contributed by atoms with Gasteiger partial charge in [0, 0.05) is 36.6 Å². The molecule has 7 nitrogen and oxygen atoms in total. The van der Waals surface area contributed by atoms with Crippen LogP contribution in [-0.2, 0) is 19.4 Å². The lowest BCUT2D eigenvalue weighted by Crippen LogP contribution is -2.52. The molecule has 0 unspecified atom stereocenters. The van der Waals surface area contributed by atoms with Gasteiger partial charge in [-0.2, -0.15) is 0 Å². The Morgan fingerprint density at radius 2 is 1.55 bits per heavy atom. The van der Waals surface area contributed by atoms with Gasteiger partial charge in [0.25, 0.3) is 0 Å². The zero-order chi connectivity index (χ0) is 21.0. The minimum absolute atomic E-state index is 0.0769. The Balaban J connectivity index is 1.52. The lowest BCUT2D eigenvalue weighted by Gasteiger charge is -2.37. The minimum Gasteiger partial charge on any atom is -0.450 e. The van der Waals surface area contributed by atoms with Gasteiger partial charge in [-0.1, -0.05) is 15.9 Å². The van der Waals surface area contributed by atoms with Gasteiger partial charge in [-0.15, -0.1) is 0 Å². The van der Waals surface area contributed by atoms with Gasteiger partial charge in [0.1, 0.15) is 0 Å². The summed E-state index contributed by atoms with van der Waals surface area (Å²) in [6, 6.07) is 6.72. The van der Waals surface area contributed by atoms with Crippen LogP contribution in [0.3, 0.4) is 0 Å². The number of halogens is 1. The predicted octanol–water partition coefficient (Wildman–Crippen LogP) is 3.08. The predicted molar refractivity (Wildman–Crippen MR) is 112 cm³/mol. The van der Waals surface area contributed by atoms with Crippen molar-refractivity contribution >= 4 is 37.8 Å². The van der Waals surface area contributed by atoms with Gasteiger partial charge in [0.15, 0.2) is 9.84 Å². The van der Waals surface area contributed by atoms with E-state index in [4.69, 9.17) is 4.74 Å². The number of benzene rings is 1. The summed E-state index contributed by atoms with van der Waals surface area (Å²) in [7, 11) is -3.38. The maximum absolute atomic E-state index is 12.9. The largest absolute Gasteiger partial charge is 0.450 e. The Bertz CT molecular complexity index is 827. The molecule has 160 valence electrons. The van der Waals surface area contributed by atoms with Crippen molar-refractivity contribution in [3.05, 3.63) is 28.7 Å². The lowest BCUT2D eigenvalue weighted by atomic mass is 9.87. The molecular formula is C20H27BrN2O5S. The Hall–Kier alpha value is -1.61. The van der Waals surface area contributed by atoms with Gasteiger partial charge in [-0.25, -0.2) is 13.2 Å². The molecule has 1 aromatic rings. The average Bonchev–Trinajstić information content (AvgIpc) is 2.74. The lowest BCUT2D eigenvalue weighted by molar-refractivity contribution is -0.138. The number of hydrogen-bond acceptors (Lipinski definition) is 5. The number of nitrogens with zero attached hydrogens (tertiary/aromatic N) is 2. The van der Waals surface area contributed by atoms with Crippen molar-refractivity contribution in [2.45, 2.75) is 42.8 Å². The quantitative estimate of drug-likeness (QED) is 0.652. The van der Waals surface area contributed by atoms with Gasteiger partial charge in [0.05, 0.1) is 16.8 Å². The second-order valence-corrected chi connectivity index (χ2v) is 10.6. The number of carbonyl (C=O) groups excluding carboxylic acids is 2. The first-order chi connectivity index (χ1) is 13.8. The van der Waals surface area contributed by atoms with Crippen LogP contribution in [0, 0.1) is 5.92 Å². The van der Waals surface area contributed by atoms with E-state index in [0.717, 1.165) is 4.47 Å². The molecule has 29 heavy (non-hydrogen) atoms. The molecule has 9 heteroatoms. The first kappa shape index (κ1) is 22.1. The highest BCUT2D eigenvalue weighted by atomic mass is 79.9. The van der Waals surface area contributed by atoms with Crippen molar-refractivity contribution in [2.24, 2.45) is 5.92 Å².